The lowest BCUT2D eigenvalue weighted by atomic mass is 10.2. The van der Waals surface area contributed by atoms with Crippen molar-refractivity contribution in [3.8, 4) is 6.07 Å². The molecule has 0 heterocycles. The summed E-state index contributed by atoms with van der Waals surface area (Å²) in [7, 11) is 3.79. The van der Waals surface area contributed by atoms with Crippen LogP contribution in [-0.4, -0.2) is 27.2 Å². The molecule has 1 rings (SSSR count). The lowest BCUT2D eigenvalue weighted by Gasteiger charge is -2.19. The van der Waals surface area contributed by atoms with E-state index in [4.69, 9.17) is 5.26 Å². The zero-order valence-electron chi connectivity index (χ0n) is 9.63. The first kappa shape index (κ1) is 12.5. The number of anilines is 1. The van der Waals surface area contributed by atoms with Crippen LogP contribution < -0.4 is 10.2 Å². The fourth-order valence-electron chi connectivity index (χ4n) is 1.48. The molecule has 0 saturated carbocycles. The maximum Gasteiger partial charge on any atom is 0.126 e. The highest BCUT2D eigenvalue weighted by molar-refractivity contribution is 5.51. The smallest absolute Gasteiger partial charge is 0.126 e. The van der Waals surface area contributed by atoms with Crippen LogP contribution in [0.15, 0.2) is 18.2 Å². The van der Waals surface area contributed by atoms with Crippen molar-refractivity contribution in [3.63, 3.8) is 0 Å². The van der Waals surface area contributed by atoms with E-state index in [-0.39, 0.29) is 5.82 Å². The molecule has 0 radical (unpaired) electrons. The Balaban J connectivity index is 2.71. The molecule has 0 unspecified atom stereocenters. The van der Waals surface area contributed by atoms with Crippen molar-refractivity contribution < 1.29 is 4.39 Å². The highest BCUT2D eigenvalue weighted by Gasteiger charge is 2.04. The Kier molecular flexibility index (Phi) is 4.74. The monoisotopic (exact) mass is 221 g/mol. The molecule has 0 aliphatic carbocycles. The van der Waals surface area contributed by atoms with Gasteiger partial charge in [-0.3, -0.25) is 0 Å². The molecule has 0 aliphatic heterocycles. The second-order valence-corrected chi connectivity index (χ2v) is 3.69. The van der Waals surface area contributed by atoms with Crippen molar-refractivity contribution in [2.24, 2.45) is 0 Å². The molecule has 0 aliphatic rings. The van der Waals surface area contributed by atoms with E-state index < -0.39 is 0 Å². The summed E-state index contributed by atoms with van der Waals surface area (Å²) in [6.45, 7) is 1.75. The molecule has 0 saturated heterocycles. The summed E-state index contributed by atoms with van der Waals surface area (Å²) >= 11 is 0. The van der Waals surface area contributed by atoms with E-state index in [0.717, 1.165) is 25.2 Å². The third-order valence-corrected chi connectivity index (χ3v) is 2.37. The third-order valence-electron chi connectivity index (χ3n) is 2.37. The van der Waals surface area contributed by atoms with Crippen molar-refractivity contribution in [3.05, 3.63) is 29.6 Å². The average Bonchev–Trinajstić information content (AvgIpc) is 2.28. The van der Waals surface area contributed by atoms with Gasteiger partial charge in [0.05, 0.1) is 11.6 Å². The van der Waals surface area contributed by atoms with Gasteiger partial charge in [0.2, 0.25) is 0 Å². The molecular formula is C12H16FN3. The molecule has 3 nitrogen and oxygen atoms in total. The molecule has 0 bridgehead atoms. The zero-order valence-corrected chi connectivity index (χ0v) is 9.63. The fourth-order valence-corrected chi connectivity index (χ4v) is 1.48. The van der Waals surface area contributed by atoms with Crippen LogP contribution in [0.3, 0.4) is 0 Å². The summed E-state index contributed by atoms with van der Waals surface area (Å²) in [6, 6.07) is 6.33. The molecule has 0 fully saturated rings. The average molecular weight is 221 g/mol. The van der Waals surface area contributed by atoms with E-state index in [0.29, 0.717) is 5.56 Å². The van der Waals surface area contributed by atoms with Crippen LogP contribution in [0.2, 0.25) is 0 Å². The van der Waals surface area contributed by atoms with Gasteiger partial charge in [0.1, 0.15) is 5.82 Å². The standard InChI is InChI=1S/C12H16FN3/c1-15-4-3-5-16(2)12-7-10(9-14)6-11(13)8-12/h6-8,15H,3-5H2,1-2H3. The van der Waals surface area contributed by atoms with E-state index in [2.05, 4.69) is 5.32 Å². The van der Waals surface area contributed by atoms with E-state index in [9.17, 15) is 4.39 Å². The number of nitriles is 1. The summed E-state index contributed by atoms with van der Waals surface area (Å²) in [4.78, 5) is 1.95. The van der Waals surface area contributed by atoms with Gasteiger partial charge in [-0.05, 0) is 38.2 Å². The minimum atomic E-state index is -0.366. The summed E-state index contributed by atoms with van der Waals surface area (Å²) in [6.07, 6.45) is 0.978. The lowest BCUT2D eigenvalue weighted by Crippen LogP contribution is -2.22. The van der Waals surface area contributed by atoms with Gasteiger partial charge in [0, 0.05) is 19.3 Å². The van der Waals surface area contributed by atoms with Crippen molar-refractivity contribution in [2.75, 3.05) is 32.1 Å². The number of hydrogen-bond donors (Lipinski definition) is 1. The number of nitrogens with one attached hydrogen (secondary N) is 1. The van der Waals surface area contributed by atoms with Crippen LogP contribution >= 0.6 is 0 Å². The molecule has 16 heavy (non-hydrogen) atoms. The number of benzene rings is 1. The van der Waals surface area contributed by atoms with Gasteiger partial charge in [-0.25, -0.2) is 4.39 Å². The zero-order chi connectivity index (χ0) is 12.0. The molecule has 1 N–H and O–H groups in total. The predicted octanol–water partition coefficient (Wildman–Crippen LogP) is 1.74. The largest absolute Gasteiger partial charge is 0.374 e. The van der Waals surface area contributed by atoms with E-state index in [1.54, 1.807) is 6.07 Å². The van der Waals surface area contributed by atoms with Crippen molar-refractivity contribution in [1.29, 1.82) is 5.26 Å². The molecule has 1 aromatic carbocycles. The van der Waals surface area contributed by atoms with Crippen LogP contribution in [0, 0.1) is 17.1 Å². The van der Waals surface area contributed by atoms with Crippen LogP contribution in [0.5, 0.6) is 0 Å². The van der Waals surface area contributed by atoms with Gasteiger partial charge in [0.15, 0.2) is 0 Å². The molecule has 0 aromatic heterocycles. The second kappa shape index (κ2) is 6.09. The number of hydrogen-bond acceptors (Lipinski definition) is 3. The first-order valence-corrected chi connectivity index (χ1v) is 5.24. The first-order valence-electron chi connectivity index (χ1n) is 5.24. The van der Waals surface area contributed by atoms with Gasteiger partial charge in [-0.1, -0.05) is 0 Å². The molecule has 0 spiro atoms. The summed E-state index contributed by atoms with van der Waals surface area (Å²) < 4.78 is 13.2. The number of halogens is 1. The van der Waals surface area contributed by atoms with Crippen molar-refractivity contribution in [2.45, 2.75) is 6.42 Å². The molecule has 1 aromatic rings. The van der Waals surface area contributed by atoms with Crippen LogP contribution in [0.25, 0.3) is 0 Å². The molecule has 4 heteroatoms. The maximum absolute atomic E-state index is 13.2. The minimum absolute atomic E-state index is 0.357. The van der Waals surface area contributed by atoms with Crippen molar-refractivity contribution >= 4 is 5.69 Å². The Morgan fingerprint density at radius 1 is 1.44 bits per heavy atom. The van der Waals surface area contributed by atoms with Gasteiger partial charge in [-0.2, -0.15) is 5.26 Å². The summed E-state index contributed by atoms with van der Waals surface area (Å²) in [5.74, 6) is -0.366. The molecule has 0 amide bonds. The van der Waals surface area contributed by atoms with Gasteiger partial charge in [-0.15, -0.1) is 0 Å². The topological polar surface area (TPSA) is 39.1 Å². The second-order valence-electron chi connectivity index (χ2n) is 3.69. The summed E-state index contributed by atoms with van der Waals surface area (Å²) in [5.41, 5.74) is 1.10. The van der Waals surface area contributed by atoms with Gasteiger partial charge < -0.3 is 10.2 Å². The maximum atomic E-state index is 13.2. The highest BCUT2D eigenvalue weighted by Crippen LogP contribution is 2.17. The van der Waals surface area contributed by atoms with Crippen LogP contribution in [-0.2, 0) is 0 Å². The van der Waals surface area contributed by atoms with E-state index >= 15 is 0 Å². The quantitative estimate of drug-likeness (QED) is 0.770. The number of rotatable bonds is 5. The third kappa shape index (κ3) is 3.52. The summed E-state index contributed by atoms with van der Waals surface area (Å²) in [5, 5.41) is 11.8. The normalized spacial score (nSPS) is 9.88. The van der Waals surface area contributed by atoms with Gasteiger partial charge in [0.25, 0.3) is 0 Å². The Hall–Kier alpha value is -1.60. The molecule has 86 valence electrons. The van der Waals surface area contributed by atoms with Crippen LogP contribution in [0.4, 0.5) is 10.1 Å². The first-order chi connectivity index (χ1) is 7.67. The van der Waals surface area contributed by atoms with E-state index in [1.807, 2.05) is 25.1 Å². The molecular weight excluding hydrogens is 205 g/mol. The Morgan fingerprint density at radius 3 is 2.81 bits per heavy atom. The Bertz CT molecular complexity index is 384. The fraction of sp³-hybridized carbons (Fsp3) is 0.417. The highest BCUT2D eigenvalue weighted by atomic mass is 19.1. The number of nitrogens with zero attached hydrogens (tertiary/aromatic N) is 2. The SMILES string of the molecule is CNCCCN(C)c1cc(F)cc(C#N)c1. The Morgan fingerprint density at radius 2 is 2.19 bits per heavy atom. The lowest BCUT2D eigenvalue weighted by molar-refractivity contribution is 0.626. The van der Waals surface area contributed by atoms with Crippen LogP contribution in [0.1, 0.15) is 12.0 Å². The molecule has 0 atom stereocenters. The minimum Gasteiger partial charge on any atom is -0.374 e. The predicted molar refractivity (Wildman–Crippen MR) is 62.9 cm³/mol. The van der Waals surface area contributed by atoms with Gasteiger partial charge >= 0.3 is 0 Å². The van der Waals surface area contributed by atoms with E-state index in [1.165, 1.54) is 12.1 Å². The van der Waals surface area contributed by atoms with Crippen molar-refractivity contribution in [1.82, 2.24) is 5.32 Å². The Labute approximate surface area is 95.5 Å².